The zero-order valence-corrected chi connectivity index (χ0v) is 16.9. The van der Waals surface area contributed by atoms with E-state index in [1.807, 2.05) is 18.2 Å². The van der Waals surface area contributed by atoms with Crippen molar-refractivity contribution < 1.29 is 4.74 Å². The molecule has 1 aromatic rings. The SMILES string of the molecule is CN=C(NCCCN1CCN(c2cccc(Cl)c2)CC1)NC(C)COC. The summed E-state index contributed by atoms with van der Waals surface area (Å²) in [6.45, 7) is 9.02. The molecule has 1 saturated heterocycles. The molecule has 1 aliphatic rings. The van der Waals surface area contributed by atoms with Crippen molar-refractivity contribution in [3.63, 3.8) is 0 Å². The highest BCUT2D eigenvalue weighted by Gasteiger charge is 2.17. The van der Waals surface area contributed by atoms with Gasteiger partial charge >= 0.3 is 0 Å². The predicted molar refractivity (Wildman–Crippen MR) is 111 cm³/mol. The Labute approximate surface area is 162 Å². The smallest absolute Gasteiger partial charge is 0.191 e. The molecule has 1 atom stereocenters. The summed E-state index contributed by atoms with van der Waals surface area (Å²) in [5, 5.41) is 7.49. The number of ether oxygens (including phenoxy) is 1. The number of methoxy groups -OCH3 is 1. The lowest BCUT2D eigenvalue weighted by molar-refractivity contribution is 0.179. The standard InChI is InChI=1S/C19H32ClN5O/c1-16(15-26-3)23-19(21-2)22-8-5-9-24-10-12-25(13-11-24)18-7-4-6-17(20)14-18/h4,6-7,14,16H,5,8-13,15H2,1-3H3,(H2,21,22,23). The summed E-state index contributed by atoms with van der Waals surface area (Å²) >= 11 is 6.10. The Morgan fingerprint density at radius 1 is 1.31 bits per heavy atom. The first kappa shape index (κ1) is 20.8. The number of hydrogen-bond donors (Lipinski definition) is 2. The topological polar surface area (TPSA) is 52.1 Å². The van der Waals surface area contributed by atoms with Crippen molar-refractivity contribution in [1.29, 1.82) is 0 Å². The zero-order valence-electron chi connectivity index (χ0n) is 16.2. The van der Waals surface area contributed by atoms with Crippen LogP contribution in [0, 0.1) is 0 Å². The number of anilines is 1. The van der Waals surface area contributed by atoms with Gasteiger partial charge in [0.25, 0.3) is 0 Å². The molecule has 0 radical (unpaired) electrons. The van der Waals surface area contributed by atoms with Gasteiger partial charge < -0.3 is 20.3 Å². The van der Waals surface area contributed by atoms with Gasteiger partial charge in [0.15, 0.2) is 5.96 Å². The maximum atomic E-state index is 6.10. The Bertz CT molecular complexity index is 561. The molecule has 2 N–H and O–H groups in total. The summed E-state index contributed by atoms with van der Waals surface area (Å²) in [6, 6.07) is 8.36. The largest absolute Gasteiger partial charge is 0.383 e. The van der Waals surface area contributed by atoms with E-state index in [1.54, 1.807) is 14.2 Å². The van der Waals surface area contributed by atoms with Crippen molar-refractivity contribution in [2.75, 3.05) is 64.9 Å². The second kappa shape index (κ2) is 11.3. The van der Waals surface area contributed by atoms with Crippen LogP contribution in [0.3, 0.4) is 0 Å². The Morgan fingerprint density at radius 2 is 2.08 bits per heavy atom. The molecule has 0 spiro atoms. The van der Waals surface area contributed by atoms with Crippen LogP contribution < -0.4 is 15.5 Å². The van der Waals surface area contributed by atoms with Crippen molar-refractivity contribution in [2.24, 2.45) is 4.99 Å². The molecule has 1 fully saturated rings. The quantitative estimate of drug-likeness (QED) is 0.410. The molecule has 146 valence electrons. The number of benzene rings is 1. The van der Waals surface area contributed by atoms with Gasteiger partial charge in [-0.3, -0.25) is 9.89 Å². The minimum atomic E-state index is 0.241. The third-order valence-corrected chi connectivity index (χ3v) is 4.75. The van der Waals surface area contributed by atoms with E-state index in [0.29, 0.717) is 6.61 Å². The van der Waals surface area contributed by atoms with Crippen LogP contribution >= 0.6 is 11.6 Å². The van der Waals surface area contributed by atoms with E-state index in [9.17, 15) is 0 Å². The van der Waals surface area contributed by atoms with Crippen LogP contribution in [0.4, 0.5) is 5.69 Å². The van der Waals surface area contributed by atoms with Gasteiger partial charge in [-0.25, -0.2) is 0 Å². The van der Waals surface area contributed by atoms with Crippen LogP contribution in [0.5, 0.6) is 0 Å². The first-order valence-corrected chi connectivity index (χ1v) is 9.69. The van der Waals surface area contributed by atoms with Crippen molar-refractivity contribution in [3.05, 3.63) is 29.3 Å². The summed E-state index contributed by atoms with van der Waals surface area (Å²) in [7, 11) is 3.50. The van der Waals surface area contributed by atoms with Gasteiger partial charge in [0.1, 0.15) is 0 Å². The van der Waals surface area contributed by atoms with Gasteiger partial charge in [0, 0.05) is 63.6 Å². The van der Waals surface area contributed by atoms with E-state index >= 15 is 0 Å². The van der Waals surface area contributed by atoms with Crippen molar-refractivity contribution in [3.8, 4) is 0 Å². The molecule has 0 amide bonds. The Morgan fingerprint density at radius 3 is 2.73 bits per heavy atom. The van der Waals surface area contributed by atoms with Gasteiger partial charge in [-0.2, -0.15) is 0 Å². The van der Waals surface area contributed by atoms with Crippen LogP contribution in [0.15, 0.2) is 29.3 Å². The molecular weight excluding hydrogens is 350 g/mol. The molecule has 26 heavy (non-hydrogen) atoms. The Hall–Kier alpha value is -1.50. The average Bonchev–Trinajstić information content (AvgIpc) is 2.65. The lowest BCUT2D eigenvalue weighted by Gasteiger charge is -2.36. The Kier molecular flexibility index (Phi) is 9.01. The number of rotatable bonds is 8. The number of nitrogens with zero attached hydrogens (tertiary/aromatic N) is 3. The molecule has 0 aliphatic carbocycles. The second-order valence-electron chi connectivity index (χ2n) is 6.66. The van der Waals surface area contributed by atoms with E-state index in [2.05, 4.69) is 38.4 Å². The lowest BCUT2D eigenvalue weighted by Crippen LogP contribution is -2.47. The molecule has 1 aromatic carbocycles. The number of aliphatic imine (C=N–C) groups is 1. The molecule has 0 aromatic heterocycles. The van der Waals surface area contributed by atoms with Crippen LogP contribution in [0.1, 0.15) is 13.3 Å². The third-order valence-electron chi connectivity index (χ3n) is 4.51. The number of nitrogens with one attached hydrogen (secondary N) is 2. The van der Waals surface area contributed by atoms with Crippen molar-refractivity contribution in [2.45, 2.75) is 19.4 Å². The zero-order chi connectivity index (χ0) is 18.8. The minimum absolute atomic E-state index is 0.241. The molecule has 1 aliphatic heterocycles. The van der Waals surface area contributed by atoms with E-state index in [4.69, 9.17) is 16.3 Å². The summed E-state index contributed by atoms with van der Waals surface area (Å²) < 4.78 is 5.14. The van der Waals surface area contributed by atoms with Crippen LogP contribution in [-0.2, 0) is 4.74 Å². The predicted octanol–water partition coefficient (Wildman–Crippen LogP) is 2.05. The first-order valence-electron chi connectivity index (χ1n) is 9.31. The van der Waals surface area contributed by atoms with Crippen LogP contribution in [-0.4, -0.2) is 76.9 Å². The molecule has 0 bridgehead atoms. The van der Waals surface area contributed by atoms with E-state index in [-0.39, 0.29) is 6.04 Å². The molecule has 7 heteroatoms. The fraction of sp³-hybridized carbons (Fsp3) is 0.632. The van der Waals surface area contributed by atoms with Crippen molar-refractivity contribution >= 4 is 23.2 Å². The Balaban J connectivity index is 1.63. The third kappa shape index (κ3) is 7.02. The highest BCUT2D eigenvalue weighted by Crippen LogP contribution is 2.20. The van der Waals surface area contributed by atoms with Crippen molar-refractivity contribution in [1.82, 2.24) is 15.5 Å². The number of piperazine rings is 1. The van der Waals surface area contributed by atoms with Gasteiger partial charge in [0.05, 0.1) is 6.61 Å². The fourth-order valence-corrected chi connectivity index (χ4v) is 3.32. The minimum Gasteiger partial charge on any atom is -0.383 e. The number of guanidine groups is 1. The summed E-state index contributed by atoms with van der Waals surface area (Å²) in [6.07, 6.45) is 1.09. The van der Waals surface area contributed by atoms with E-state index in [1.165, 1.54) is 5.69 Å². The summed E-state index contributed by atoms with van der Waals surface area (Å²) in [5.41, 5.74) is 1.22. The molecule has 1 unspecified atom stereocenters. The molecule has 2 rings (SSSR count). The maximum absolute atomic E-state index is 6.10. The molecule has 1 heterocycles. The fourth-order valence-electron chi connectivity index (χ4n) is 3.13. The lowest BCUT2D eigenvalue weighted by atomic mass is 10.2. The van der Waals surface area contributed by atoms with Gasteiger partial charge in [0.2, 0.25) is 0 Å². The normalized spacial score (nSPS) is 17.2. The number of hydrogen-bond acceptors (Lipinski definition) is 4. The second-order valence-corrected chi connectivity index (χ2v) is 7.10. The number of halogens is 1. The molecule has 6 nitrogen and oxygen atoms in total. The monoisotopic (exact) mass is 381 g/mol. The maximum Gasteiger partial charge on any atom is 0.191 e. The van der Waals surface area contributed by atoms with Gasteiger partial charge in [-0.05, 0) is 38.1 Å². The highest BCUT2D eigenvalue weighted by atomic mass is 35.5. The molecule has 0 saturated carbocycles. The highest BCUT2D eigenvalue weighted by molar-refractivity contribution is 6.30. The summed E-state index contributed by atoms with van der Waals surface area (Å²) in [5.74, 6) is 0.834. The van der Waals surface area contributed by atoms with E-state index < -0.39 is 0 Å². The van der Waals surface area contributed by atoms with Gasteiger partial charge in [-0.1, -0.05) is 17.7 Å². The van der Waals surface area contributed by atoms with Gasteiger partial charge in [-0.15, -0.1) is 0 Å². The van der Waals surface area contributed by atoms with E-state index in [0.717, 1.165) is 56.7 Å². The average molecular weight is 382 g/mol. The molecular formula is C19H32ClN5O. The summed E-state index contributed by atoms with van der Waals surface area (Å²) in [4.78, 5) is 9.18. The van der Waals surface area contributed by atoms with Crippen LogP contribution in [0.2, 0.25) is 5.02 Å². The van der Waals surface area contributed by atoms with Crippen LogP contribution in [0.25, 0.3) is 0 Å². The first-order chi connectivity index (χ1) is 12.6.